The minimum Gasteiger partial charge on any atom is -0.493 e. The summed E-state index contributed by atoms with van der Waals surface area (Å²) in [6.45, 7) is 4.32. The maximum atomic E-state index is 13.5. The lowest BCUT2D eigenvalue weighted by Gasteiger charge is -2.15. The van der Waals surface area contributed by atoms with E-state index in [1.807, 2.05) is 62.4 Å². The van der Waals surface area contributed by atoms with Crippen molar-refractivity contribution in [2.45, 2.75) is 13.8 Å². The molecule has 170 valence electrons. The van der Waals surface area contributed by atoms with E-state index in [2.05, 4.69) is 0 Å². The lowest BCUT2D eigenvalue weighted by molar-refractivity contribution is 0.214. The van der Waals surface area contributed by atoms with Crippen molar-refractivity contribution in [3.8, 4) is 34.3 Å². The van der Waals surface area contributed by atoms with E-state index >= 15 is 0 Å². The molecule has 1 heterocycles. The molecule has 33 heavy (non-hydrogen) atoms. The van der Waals surface area contributed by atoms with Crippen LogP contribution < -0.4 is 24.4 Å². The monoisotopic (exact) mass is 446 g/mol. The van der Waals surface area contributed by atoms with Crippen LogP contribution in [0.2, 0.25) is 0 Å². The third-order valence-corrected chi connectivity index (χ3v) is 5.27. The Labute approximate surface area is 192 Å². The Bertz CT molecular complexity index is 1320. The SMILES string of the molecule is COc1ccc(-c2oc3c(C)cc(C)cc3c(=O)c2OCCOc2ccccc2)cc1OC. The molecule has 4 aromatic rings. The van der Waals surface area contributed by atoms with Gasteiger partial charge in [0.05, 0.1) is 19.6 Å². The second kappa shape index (κ2) is 9.69. The summed E-state index contributed by atoms with van der Waals surface area (Å²) >= 11 is 0. The van der Waals surface area contributed by atoms with Crippen molar-refractivity contribution in [2.24, 2.45) is 0 Å². The second-order valence-corrected chi connectivity index (χ2v) is 7.63. The highest BCUT2D eigenvalue weighted by Crippen LogP contribution is 2.37. The highest BCUT2D eigenvalue weighted by molar-refractivity contribution is 5.85. The molecule has 3 aromatic carbocycles. The smallest absolute Gasteiger partial charge is 0.235 e. The number of ether oxygens (including phenoxy) is 4. The fourth-order valence-electron chi connectivity index (χ4n) is 3.75. The van der Waals surface area contributed by atoms with Crippen molar-refractivity contribution in [1.82, 2.24) is 0 Å². The summed E-state index contributed by atoms with van der Waals surface area (Å²) < 4.78 is 28.7. The van der Waals surface area contributed by atoms with Gasteiger partial charge in [0.1, 0.15) is 24.5 Å². The summed E-state index contributed by atoms with van der Waals surface area (Å²) in [6, 6.07) is 18.6. The summed E-state index contributed by atoms with van der Waals surface area (Å²) in [6.07, 6.45) is 0. The van der Waals surface area contributed by atoms with Crippen molar-refractivity contribution >= 4 is 11.0 Å². The minimum absolute atomic E-state index is 0.136. The van der Waals surface area contributed by atoms with Gasteiger partial charge in [-0.2, -0.15) is 0 Å². The van der Waals surface area contributed by atoms with Crippen LogP contribution in [0.4, 0.5) is 0 Å². The van der Waals surface area contributed by atoms with E-state index in [1.165, 1.54) is 0 Å². The largest absolute Gasteiger partial charge is 0.493 e. The van der Waals surface area contributed by atoms with Gasteiger partial charge in [0.15, 0.2) is 17.3 Å². The van der Waals surface area contributed by atoms with Gasteiger partial charge in [-0.3, -0.25) is 4.79 Å². The van der Waals surface area contributed by atoms with Crippen LogP contribution in [0.3, 0.4) is 0 Å². The van der Waals surface area contributed by atoms with Crippen LogP contribution >= 0.6 is 0 Å². The standard InChI is InChI=1S/C27H26O6/c1-17-14-18(2)25-21(15-17)24(28)27(32-13-12-31-20-8-6-5-7-9-20)26(33-25)19-10-11-22(29-3)23(16-19)30-4/h5-11,14-16H,12-13H2,1-4H3. The molecule has 1 aromatic heterocycles. The highest BCUT2D eigenvalue weighted by atomic mass is 16.5. The van der Waals surface area contributed by atoms with Crippen LogP contribution in [-0.2, 0) is 0 Å². The number of methoxy groups -OCH3 is 2. The van der Waals surface area contributed by atoms with Gasteiger partial charge >= 0.3 is 0 Å². The van der Waals surface area contributed by atoms with Gasteiger partial charge in [-0.1, -0.05) is 24.3 Å². The summed E-state index contributed by atoms with van der Waals surface area (Å²) in [4.78, 5) is 13.5. The van der Waals surface area contributed by atoms with Crippen molar-refractivity contribution in [3.63, 3.8) is 0 Å². The summed E-state index contributed by atoms with van der Waals surface area (Å²) in [5.74, 6) is 2.31. The molecule has 0 N–H and O–H groups in total. The Morgan fingerprint density at radius 3 is 2.27 bits per heavy atom. The van der Waals surface area contributed by atoms with E-state index in [9.17, 15) is 4.79 Å². The number of aryl methyl sites for hydroxylation is 2. The van der Waals surface area contributed by atoms with Crippen molar-refractivity contribution in [2.75, 3.05) is 27.4 Å². The van der Waals surface area contributed by atoms with Crippen LogP contribution in [0.25, 0.3) is 22.3 Å². The molecule has 0 aliphatic rings. The Morgan fingerprint density at radius 1 is 0.818 bits per heavy atom. The van der Waals surface area contributed by atoms with Gasteiger partial charge in [0.2, 0.25) is 11.2 Å². The van der Waals surface area contributed by atoms with Gasteiger partial charge in [-0.15, -0.1) is 0 Å². The molecule has 0 radical (unpaired) electrons. The van der Waals surface area contributed by atoms with Gasteiger partial charge in [0.25, 0.3) is 0 Å². The van der Waals surface area contributed by atoms with E-state index < -0.39 is 0 Å². The average Bonchev–Trinajstić information content (AvgIpc) is 2.83. The zero-order valence-electron chi connectivity index (χ0n) is 19.1. The van der Waals surface area contributed by atoms with E-state index in [-0.39, 0.29) is 24.4 Å². The van der Waals surface area contributed by atoms with Gasteiger partial charge in [-0.05, 0) is 61.4 Å². The molecule has 4 rings (SSSR count). The minimum atomic E-state index is -0.229. The molecule has 0 saturated carbocycles. The third-order valence-electron chi connectivity index (χ3n) is 5.27. The first-order chi connectivity index (χ1) is 16.0. The normalized spacial score (nSPS) is 10.8. The van der Waals surface area contributed by atoms with Gasteiger partial charge in [-0.25, -0.2) is 0 Å². The quantitative estimate of drug-likeness (QED) is 0.331. The van der Waals surface area contributed by atoms with Crippen molar-refractivity contribution < 1.29 is 23.4 Å². The van der Waals surface area contributed by atoms with Crippen LogP contribution in [-0.4, -0.2) is 27.4 Å². The zero-order valence-corrected chi connectivity index (χ0v) is 19.1. The first-order valence-corrected chi connectivity index (χ1v) is 10.6. The Morgan fingerprint density at radius 2 is 1.55 bits per heavy atom. The van der Waals surface area contributed by atoms with Crippen LogP contribution in [0.1, 0.15) is 11.1 Å². The molecular formula is C27H26O6. The third kappa shape index (κ3) is 4.65. The average molecular weight is 446 g/mol. The number of rotatable bonds is 8. The molecule has 6 nitrogen and oxygen atoms in total. The van der Waals surface area contributed by atoms with Crippen LogP contribution in [0.15, 0.2) is 69.9 Å². The topological polar surface area (TPSA) is 67.1 Å². The fraction of sp³-hybridized carbons (Fsp3) is 0.222. The number of hydrogen-bond donors (Lipinski definition) is 0. The summed E-state index contributed by atoms with van der Waals surface area (Å²) in [5, 5.41) is 0.482. The molecule has 0 fully saturated rings. The molecule has 0 amide bonds. The maximum absolute atomic E-state index is 13.5. The zero-order chi connectivity index (χ0) is 23.4. The fourth-order valence-corrected chi connectivity index (χ4v) is 3.75. The Kier molecular flexibility index (Phi) is 6.54. The molecule has 0 bridgehead atoms. The van der Waals surface area contributed by atoms with E-state index in [0.29, 0.717) is 33.8 Å². The van der Waals surface area contributed by atoms with Crippen LogP contribution in [0, 0.1) is 13.8 Å². The van der Waals surface area contributed by atoms with Crippen molar-refractivity contribution in [1.29, 1.82) is 0 Å². The molecule has 0 unspecified atom stereocenters. The Balaban J connectivity index is 1.76. The maximum Gasteiger partial charge on any atom is 0.235 e. The predicted octanol–water partition coefficient (Wildman–Crippen LogP) is 5.55. The molecule has 6 heteroatoms. The first-order valence-electron chi connectivity index (χ1n) is 10.6. The number of para-hydroxylation sites is 1. The lowest BCUT2D eigenvalue weighted by Crippen LogP contribution is -2.15. The predicted molar refractivity (Wildman–Crippen MR) is 128 cm³/mol. The molecule has 0 aliphatic carbocycles. The molecule has 0 saturated heterocycles. The summed E-state index contributed by atoms with van der Waals surface area (Å²) in [5.41, 5.74) is 2.80. The number of fused-ring (bicyclic) bond motifs is 1. The lowest BCUT2D eigenvalue weighted by atomic mass is 10.0. The number of benzene rings is 3. The molecular weight excluding hydrogens is 420 g/mol. The van der Waals surface area contributed by atoms with Gasteiger partial charge in [0, 0.05) is 5.56 Å². The van der Waals surface area contributed by atoms with E-state index in [4.69, 9.17) is 23.4 Å². The highest BCUT2D eigenvalue weighted by Gasteiger charge is 2.20. The van der Waals surface area contributed by atoms with Crippen molar-refractivity contribution in [3.05, 3.63) is 82.0 Å². The number of hydrogen-bond acceptors (Lipinski definition) is 6. The first kappa shape index (κ1) is 22.3. The summed E-state index contributed by atoms with van der Waals surface area (Å²) in [7, 11) is 3.13. The molecule has 0 aliphatic heterocycles. The second-order valence-electron chi connectivity index (χ2n) is 7.63. The Hall–Kier alpha value is -3.93. The molecule has 0 spiro atoms. The van der Waals surface area contributed by atoms with E-state index in [1.54, 1.807) is 26.4 Å². The van der Waals surface area contributed by atoms with E-state index in [0.717, 1.165) is 16.9 Å². The molecule has 0 atom stereocenters. The van der Waals surface area contributed by atoms with Gasteiger partial charge < -0.3 is 23.4 Å². The van der Waals surface area contributed by atoms with Crippen LogP contribution in [0.5, 0.6) is 23.0 Å².